The third-order valence-corrected chi connectivity index (χ3v) is 3.17. The van der Waals surface area contributed by atoms with Crippen LogP contribution < -0.4 is 4.89 Å². The minimum absolute atomic E-state index is 0.00990. The molecule has 0 saturated heterocycles. The molecule has 0 spiro atoms. The van der Waals surface area contributed by atoms with Gasteiger partial charge >= 0.3 is 0 Å². The van der Waals surface area contributed by atoms with Gasteiger partial charge in [0.25, 0.3) is 0 Å². The molecule has 3 atom stereocenters. The Balaban J connectivity index is 4.00. The van der Waals surface area contributed by atoms with E-state index in [1.165, 1.54) is 12.5 Å². The van der Waals surface area contributed by atoms with Gasteiger partial charge in [0.05, 0.1) is 12.5 Å². The molecule has 0 bridgehead atoms. The summed E-state index contributed by atoms with van der Waals surface area (Å²) in [5.74, 6) is 0.0632. The molecule has 0 aromatic heterocycles. The molecule has 0 heterocycles. The van der Waals surface area contributed by atoms with Gasteiger partial charge in [-0.25, -0.2) is 0 Å². The number of hydrogen-bond acceptors (Lipinski definition) is 3. The largest absolute Gasteiger partial charge is 0.631 e. The Bertz CT molecular complexity index is 191. The maximum atomic E-state index is 10.7. The average molecular weight is 198 g/mol. The molecule has 0 aliphatic carbocycles. The monoisotopic (exact) mass is 198 g/mol. The van der Waals surface area contributed by atoms with Crippen LogP contribution in [0.4, 0.5) is 0 Å². The van der Waals surface area contributed by atoms with E-state index in [0.29, 0.717) is 0 Å². The van der Waals surface area contributed by atoms with Gasteiger partial charge in [-0.15, -0.1) is 0 Å². The molecule has 6 heteroatoms. The molecular formula is C5H12O4P2. The van der Waals surface area contributed by atoms with Crippen LogP contribution in [0.2, 0.25) is 0 Å². The van der Waals surface area contributed by atoms with Crippen molar-refractivity contribution in [3.63, 3.8) is 0 Å². The molecule has 0 rings (SSSR count). The normalized spacial score (nSPS) is 21.0. The van der Waals surface area contributed by atoms with E-state index in [1.54, 1.807) is 0 Å². The van der Waals surface area contributed by atoms with Gasteiger partial charge in [-0.2, -0.15) is 0 Å². The van der Waals surface area contributed by atoms with Crippen LogP contribution in [0.15, 0.2) is 0 Å². The first-order chi connectivity index (χ1) is 4.84. The summed E-state index contributed by atoms with van der Waals surface area (Å²) in [6.07, 6.45) is 0.00990. The van der Waals surface area contributed by atoms with Gasteiger partial charge in [-0.1, -0.05) is 0 Å². The fraction of sp³-hybridized carbons (Fsp3) is 0.800. The predicted octanol–water partition coefficient (Wildman–Crippen LogP) is -0.216. The van der Waals surface area contributed by atoms with Crippen LogP contribution >= 0.6 is 15.1 Å². The summed E-state index contributed by atoms with van der Waals surface area (Å²) in [6, 6.07) is 0. The van der Waals surface area contributed by atoms with Gasteiger partial charge in [0.1, 0.15) is 5.85 Å². The average Bonchev–Trinajstić information content (AvgIpc) is 1.80. The zero-order chi connectivity index (χ0) is 9.07. The molecule has 0 radical (unpaired) electrons. The molecule has 0 aliphatic heterocycles. The van der Waals surface area contributed by atoms with Gasteiger partial charge in [0.2, 0.25) is 7.37 Å². The number of rotatable bonds is 3. The third-order valence-electron chi connectivity index (χ3n) is 1.13. The third kappa shape index (κ3) is 5.54. The Morgan fingerprint density at radius 1 is 1.82 bits per heavy atom. The van der Waals surface area contributed by atoms with E-state index < -0.39 is 21.0 Å². The fourth-order valence-corrected chi connectivity index (χ4v) is 1.60. The summed E-state index contributed by atoms with van der Waals surface area (Å²) in [5, 5.41) is 8.96. The van der Waals surface area contributed by atoms with Crippen molar-refractivity contribution in [1.29, 1.82) is 0 Å². The van der Waals surface area contributed by atoms with Crippen LogP contribution in [0, 0.1) is 0 Å². The van der Waals surface area contributed by atoms with Crippen LogP contribution in [0.5, 0.6) is 0 Å². The highest BCUT2D eigenvalue weighted by molar-refractivity contribution is 7.57. The standard InChI is InChI=1S/C5H12O4P2/c1-10(7)4-3-5(6)11(2,8)9/h4-6H,3H2,1-2H3,(H,8,9). The molecule has 11 heavy (non-hydrogen) atoms. The smallest absolute Gasteiger partial charge is 0.225 e. The van der Waals surface area contributed by atoms with E-state index in [4.69, 9.17) is 10.00 Å². The first kappa shape index (κ1) is 11.3. The molecular weight excluding hydrogens is 186 g/mol. The molecule has 0 saturated carbocycles. The Kier molecular flexibility index (Phi) is 4.45. The van der Waals surface area contributed by atoms with Crippen LogP contribution in [0.1, 0.15) is 6.42 Å². The lowest BCUT2D eigenvalue weighted by molar-refractivity contribution is -0.151. The van der Waals surface area contributed by atoms with Crippen molar-refractivity contribution in [3.8, 4) is 0 Å². The molecule has 3 unspecified atom stereocenters. The first-order valence-corrected chi connectivity index (χ1v) is 7.00. The maximum absolute atomic E-state index is 10.7. The lowest BCUT2D eigenvalue weighted by Crippen LogP contribution is -2.07. The Labute approximate surface area is 66.8 Å². The van der Waals surface area contributed by atoms with E-state index in [9.17, 15) is 9.46 Å². The Hall–Kier alpha value is 0.280. The first-order valence-electron chi connectivity index (χ1n) is 3.05. The van der Waals surface area contributed by atoms with Crippen molar-refractivity contribution >= 4 is 20.9 Å². The Morgan fingerprint density at radius 2 is 2.27 bits per heavy atom. The van der Waals surface area contributed by atoms with Crippen LogP contribution in [-0.4, -0.2) is 35.0 Å². The summed E-state index contributed by atoms with van der Waals surface area (Å²) in [5.41, 5.74) is 0. The molecule has 0 aromatic rings. The lowest BCUT2D eigenvalue weighted by Gasteiger charge is -2.09. The van der Waals surface area contributed by atoms with Crippen molar-refractivity contribution < 1.29 is 19.5 Å². The summed E-state index contributed by atoms with van der Waals surface area (Å²) < 4.78 is 10.7. The van der Waals surface area contributed by atoms with Crippen LogP contribution in [0.25, 0.3) is 0 Å². The quantitative estimate of drug-likeness (QED) is 0.614. The van der Waals surface area contributed by atoms with Gasteiger partial charge in [-0.05, 0) is 0 Å². The fourth-order valence-electron chi connectivity index (χ4n) is 0.438. The highest BCUT2D eigenvalue weighted by atomic mass is 31.2. The van der Waals surface area contributed by atoms with Gasteiger partial charge < -0.3 is 14.9 Å². The minimum Gasteiger partial charge on any atom is -0.631 e. The highest BCUT2D eigenvalue weighted by Gasteiger charge is 2.22. The van der Waals surface area contributed by atoms with Crippen molar-refractivity contribution in [1.82, 2.24) is 0 Å². The predicted molar refractivity (Wildman–Crippen MR) is 45.3 cm³/mol. The maximum Gasteiger partial charge on any atom is 0.225 e. The molecule has 2 N–H and O–H groups in total. The highest BCUT2D eigenvalue weighted by Crippen LogP contribution is 2.41. The van der Waals surface area contributed by atoms with Crippen molar-refractivity contribution in [2.24, 2.45) is 0 Å². The molecule has 4 nitrogen and oxygen atoms in total. The molecule has 66 valence electrons. The number of aliphatic hydroxyl groups is 1. The summed E-state index contributed by atoms with van der Waals surface area (Å²) >= 11 is 0. The second kappa shape index (κ2) is 4.34. The minimum atomic E-state index is -3.42. The zero-order valence-electron chi connectivity index (χ0n) is 6.47. The van der Waals surface area contributed by atoms with E-state index in [0.717, 1.165) is 6.66 Å². The number of aliphatic hydroxyl groups excluding tert-OH is 1. The number of hydrogen-bond donors (Lipinski definition) is 2. The topological polar surface area (TPSA) is 80.6 Å². The van der Waals surface area contributed by atoms with Crippen molar-refractivity contribution in [3.05, 3.63) is 0 Å². The molecule has 0 aromatic carbocycles. The summed E-state index contributed by atoms with van der Waals surface area (Å²) in [6.45, 7) is 2.55. The van der Waals surface area contributed by atoms with Gasteiger partial charge in [0, 0.05) is 20.9 Å². The van der Waals surface area contributed by atoms with Crippen molar-refractivity contribution in [2.45, 2.75) is 12.3 Å². The van der Waals surface area contributed by atoms with Crippen LogP contribution in [0.3, 0.4) is 0 Å². The molecule has 0 aliphatic rings. The van der Waals surface area contributed by atoms with Crippen LogP contribution in [-0.2, 0) is 4.57 Å². The Morgan fingerprint density at radius 3 is 2.55 bits per heavy atom. The molecule has 0 fully saturated rings. The lowest BCUT2D eigenvalue weighted by atomic mass is 10.5. The zero-order valence-corrected chi connectivity index (χ0v) is 8.26. The summed E-state index contributed by atoms with van der Waals surface area (Å²) in [7, 11) is -4.86. The molecule has 0 amide bonds. The van der Waals surface area contributed by atoms with E-state index in [2.05, 4.69) is 0 Å². The second-order valence-corrected chi connectivity index (χ2v) is 6.33. The van der Waals surface area contributed by atoms with E-state index >= 15 is 0 Å². The second-order valence-electron chi connectivity index (χ2n) is 2.39. The van der Waals surface area contributed by atoms with Crippen molar-refractivity contribution in [2.75, 3.05) is 13.3 Å². The van der Waals surface area contributed by atoms with E-state index in [-0.39, 0.29) is 6.42 Å². The SMILES string of the molecule is C[P+]([O-])=CCC(O)P(C)(=O)O. The van der Waals surface area contributed by atoms with E-state index in [1.807, 2.05) is 0 Å². The van der Waals surface area contributed by atoms with Gasteiger partial charge in [-0.3, -0.25) is 4.57 Å². The summed E-state index contributed by atoms with van der Waals surface area (Å²) in [4.78, 5) is 19.3. The van der Waals surface area contributed by atoms with Gasteiger partial charge in [0.15, 0.2) is 0 Å².